The van der Waals surface area contributed by atoms with Gasteiger partial charge in [-0.3, -0.25) is 0 Å². The van der Waals surface area contributed by atoms with E-state index in [0.29, 0.717) is 18.9 Å². The van der Waals surface area contributed by atoms with Crippen LogP contribution in [0.1, 0.15) is 45.5 Å². The molecule has 2 aromatic carbocycles. The third-order valence-corrected chi connectivity index (χ3v) is 6.76. The van der Waals surface area contributed by atoms with Crippen molar-refractivity contribution in [1.29, 1.82) is 0 Å². The van der Waals surface area contributed by atoms with E-state index in [9.17, 15) is 0 Å². The Bertz CT molecular complexity index is 850. The van der Waals surface area contributed by atoms with Crippen LogP contribution in [0.25, 0.3) is 0 Å². The molecule has 0 saturated heterocycles. The molecule has 6 rings (SSSR count). The summed E-state index contributed by atoms with van der Waals surface area (Å²) in [4.78, 5) is 0. The monoisotopic (exact) mass is 371 g/mol. The number of benzene rings is 2. The quantitative estimate of drug-likeness (QED) is 0.628. The van der Waals surface area contributed by atoms with Crippen molar-refractivity contribution in [3.8, 4) is 11.5 Å². The van der Waals surface area contributed by atoms with Gasteiger partial charge in [0.05, 0.1) is 27.3 Å². The van der Waals surface area contributed by atoms with Crippen molar-refractivity contribution in [1.82, 2.24) is 0 Å². The number of fused-ring (bicyclic) bond motifs is 8. The highest BCUT2D eigenvalue weighted by Gasteiger charge is 2.49. The van der Waals surface area contributed by atoms with Crippen molar-refractivity contribution in [2.24, 2.45) is 0 Å². The van der Waals surface area contributed by atoms with E-state index in [1.54, 1.807) is 0 Å². The number of hydrogen-bond donors (Lipinski definition) is 0. The van der Waals surface area contributed by atoms with Gasteiger partial charge in [-0.2, -0.15) is 0 Å². The Morgan fingerprint density at radius 3 is 2.08 bits per heavy atom. The smallest absolute Gasteiger partial charge is 0.231 e. The molecule has 0 radical (unpaired) electrons. The highest BCUT2D eigenvalue weighted by molar-refractivity contribution is 5.53. The number of hydrogen-bond acceptors (Lipinski definition) is 3. The van der Waals surface area contributed by atoms with Crippen LogP contribution in [0.4, 0.5) is 0 Å². The van der Waals surface area contributed by atoms with Gasteiger partial charge in [0, 0.05) is 24.0 Å². The topological polar surface area (TPSA) is 27.7 Å². The van der Waals surface area contributed by atoms with Gasteiger partial charge < -0.3 is 31.1 Å². The molecule has 0 amide bonds. The van der Waals surface area contributed by atoms with E-state index in [4.69, 9.17) is 14.2 Å². The molecule has 0 saturated carbocycles. The Hall–Kier alpha value is -1.75. The minimum Gasteiger partial charge on any atom is -1.00 e. The second-order valence-corrected chi connectivity index (χ2v) is 8.29. The van der Waals surface area contributed by atoms with Gasteiger partial charge in [-0.15, -0.1) is 0 Å². The first-order chi connectivity index (χ1) is 12.1. The van der Waals surface area contributed by atoms with E-state index in [1.165, 1.54) is 33.4 Å². The average molecular weight is 372 g/mol. The number of halogens is 1. The van der Waals surface area contributed by atoms with Crippen molar-refractivity contribution in [2.45, 2.75) is 38.1 Å². The van der Waals surface area contributed by atoms with E-state index >= 15 is 0 Å². The molecule has 0 unspecified atom stereocenters. The Labute approximate surface area is 159 Å². The van der Waals surface area contributed by atoms with Crippen molar-refractivity contribution in [3.05, 3.63) is 57.6 Å². The SMILES string of the molecule is C[N+]1(C)[C@H]2Cc3cc4c(cc3[C@@H]1Cc1cc3c(cc12)COC3)OCO4.[Cl-]. The Morgan fingerprint density at radius 1 is 0.769 bits per heavy atom. The van der Waals surface area contributed by atoms with Crippen molar-refractivity contribution < 1.29 is 31.1 Å². The highest BCUT2D eigenvalue weighted by atomic mass is 35.5. The zero-order valence-electron chi connectivity index (χ0n) is 15.0. The van der Waals surface area contributed by atoms with Crippen LogP contribution in [0.15, 0.2) is 24.3 Å². The van der Waals surface area contributed by atoms with Crippen LogP contribution in [-0.4, -0.2) is 25.4 Å². The van der Waals surface area contributed by atoms with Gasteiger partial charge in [0.2, 0.25) is 6.79 Å². The fourth-order valence-electron chi connectivity index (χ4n) is 5.31. The lowest BCUT2D eigenvalue weighted by Gasteiger charge is -2.52. The minimum absolute atomic E-state index is 0. The van der Waals surface area contributed by atoms with E-state index in [1.807, 2.05) is 0 Å². The predicted molar refractivity (Wildman–Crippen MR) is 92.5 cm³/mol. The highest BCUT2D eigenvalue weighted by Crippen LogP contribution is 2.53. The lowest BCUT2D eigenvalue weighted by atomic mass is 9.74. The molecule has 4 aliphatic rings. The molecule has 26 heavy (non-hydrogen) atoms. The summed E-state index contributed by atoms with van der Waals surface area (Å²) < 4.78 is 18.0. The third-order valence-electron chi connectivity index (χ3n) is 6.76. The first kappa shape index (κ1) is 16.4. The van der Waals surface area contributed by atoms with E-state index in [-0.39, 0.29) is 12.4 Å². The second kappa shape index (κ2) is 5.38. The molecule has 4 heterocycles. The van der Waals surface area contributed by atoms with Crippen LogP contribution in [0, 0.1) is 0 Å². The molecule has 0 spiro atoms. The average Bonchev–Trinajstić information content (AvgIpc) is 3.21. The Kier molecular flexibility index (Phi) is 3.40. The van der Waals surface area contributed by atoms with Gasteiger partial charge in [-0.25, -0.2) is 0 Å². The first-order valence-electron chi connectivity index (χ1n) is 9.09. The summed E-state index contributed by atoms with van der Waals surface area (Å²) in [7, 11) is 4.77. The molecule has 2 aromatic rings. The van der Waals surface area contributed by atoms with Gasteiger partial charge in [0.1, 0.15) is 12.1 Å². The maximum Gasteiger partial charge on any atom is 0.231 e. The fourth-order valence-corrected chi connectivity index (χ4v) is 5.31. The number of quaternary nitrogens is 1. The molecule has 136 valence electrons. The zero-order chi connectivity index (χ0) is 16.8. The molecule has 0 aromatic heterocycles. The molecule has 0 aliphatic carbocycles. The van der Waals surface area contributed by atoms with Crippen molar-refractivity contribution in [2.75, 3.05) is 20.9 Å². The van der Waals surface area contributed by atoms with Gasteiger partial charge >= 0.3 is 0 Å². The van der Waals surface area contributed by atoms with Gasteiger partial charge in [-0.05, 0) is 40.5 Å². The summed E-state index contributed by atoms with van der Waals surface area (Å²) in [6.45, 7) is 1.88. The van der Waals surface area contributed by atoms with E-state index in [0.717, 1.165) is 42.0 Å². The molecule has 4 aliphatic heterocycles. The second-order valence-electron chi connectivity index (χ2n) is 8.29. The molecular weight excluding hydrogens is 350 g/mol. The van der Waals surface area contributed by atoms with Crippen LogP contribution in [-0.2, 0) is 30.8 Å². The van der Waals surface area contributed by atoms with Crippen molar-refractivity contribution >= 4 is 0 Å². The van der Waals surface area contributed by atoms with Crippen LogP contribution in [0.2, 0.25) is 0 Å². The third kappa shape index (κ3) is 2.04. The summed E-state index contributed by atoms with van der Waals surface area (Å²) in [6, 6.07) is 10.3. The fraction of sp³-hybridized carbons (Fsp3) is 0.429. The molecule has 2 bridgehead atoms. The van der Waals surface area contributed by atoms with Crippen LogP contribution in [0.3, 0.4) is 0 Å². The maximum atomic E-state index is 5.67. The normalized spacial score (nSPS) is 25.8. The van der Waals surface area contributed by atoms with Crippen molar-refractivity contribution in [3.63, 3.8) is 0 Å². The van der Waals surface area contributed by atoms with Crippen LogP contribution >= 0.6 is 0 Å². The number of likely N-dealkylation sites (N-methyl/N-ethyl adjacent to an activating group) is 1. The Balaban J connectivity index is 0.00000150. The largest absolute Gasteiger partial charge is 1.00 e. The first-order valence-corrected chi connectivity index (χ1v) is 9.09. The lowest BCUT2D eigenvalue weighted by molar-refractivity contribution is -0.955. The summed E-state index contributed by atoms with van der Waals surface area (Å²) in [5.74, 6) is 1.82. The molecule has 5 heteroatoms. The molecule has 0 N–H and O–H groups in total. The molecule has 4 nitrogen and oxygen atoms in total. The molecular formula is C21H22ClNO3. The summed E-state index contributed by atoms with van der Waals surface area (Å²) >= 11 is 0. The lowest BCUT2D eigenvalue weighted by Crippen LogP contribution is -3.00. The number of ether oxygens (including phenoxy) is 3. The minimum atomic E-state index is 0. The van der Waals surface area contributed by atoms with Crippen LogP contribution in [0.5, 0.6) is 11.5 Å². The van der Waals surface area contributed by atoms with E-state index in [2.05, 4.69) is 38.4 Å². The maximum absolute atomic E-state index is 5.67. The van der Waals surface area contributed by atoms with Gasteiger partial charge in [-0.1, -0.05) is 6.07 Å². The number of nitrogens with zero attached hydrogens (tertiary/aromatic N) is 1. The Morgan fingerprint density at radius 2 is 1.35 bits per heavy atom. The van der Waals surface area contributed by atoms with Crippen LogP contribution < -0.4 is 21.9 Å². The molecule has 0 fully saturated rings. The summed E-state index contributed by atoms with van der Waals surface area (Å²) in [5.41, 5.74) is 8.67. The summed E-state index contributed by atoms with van der Waals surface area (Å²) in [5, 5.41) is 0. The summed E-state index contributed by atoms with van der Waals surface area (Å²) in [6.07, 6.45) is 2.14. The zero-order valence-corrected chi connectivity index (χ0v) is 15.8. The predicted octanol–water partition coefficient (Wildman–Crippen LogP) is 0.420. The molecule has 2 atom stereocenters. The number of rotatable bonds is 0. The standard InChI is InChI=1S/C21H22NO3.ClH/c1-22(2)18-6-13-7-20-21(25-11-24-20)8-17(13)19(22)5-12-3-14-9-23-10-15(14)4-16(12)18;/h3-4,7-8,18-19H,5-6,9-11H2,1-2H3;1H/q+1;/p-1/t18-,19-;/m0./s1. The van der Waals surface area contributed by atoms with E-state index < -0.39 is 0 Å². The van der Waals surface area contributed by atoms with Gasteiger partial charge in [0.25, 0.3) is 0 Å². The van der Waals surface area contributed by atoms with Gasteiger partial charge in [0.15, 0.2) is 11.5 Å².